The van der Waals surface area contributed by atoms with Crippen molar-refractivity contribution in [2.24, 2.45) is 11.7 Å². The first-order valence-corrected chi connectivity index (χ1v) is 5.31. The lowest BCUT2D eigenvalue weighted by molar-refractivity contribution is -0.141. The number of rotatable bonds is 5. The largest absolute Gasteiger partial charge is 0.481 e. The van der Waals surface area contributed by atoms with Gasteiger partial charge in [0.05, 0.1) is 11.5 Å². The van der Waals surface area contributed by atoms with E-state index >= 15 is 0 Å². The lowest BCUT2D eigenvalue weighted by atomic mass is 10.0. The third-order valence-electron chi connectivity index (χ3n) is 2.72. The maximum atomic E-state index is 11.2. The van der Waals surface area contributed by atoms with Crippen LogP contribution in [-0.4, -0.2) is 23.0 Å². The molecule has 0 spiro atoms. The molecule has 0 aliphatic carbocycles. The Kier molecular flexibility index (Phi) is 4.09. The van der Waals surface area contributed by atoms with Crippen LogP contribution >= 0.6 is 0 Å². The van der Waals surface area contributed by atoms with Gasteiger partial charge in [0, 0.05) is 11.7 Å². The molecule has 2 unspecified atom stereocenters. The van der Waals surface area contributed by atoms with Crippen molar-refractivity contribution in [3.63, 3.8) is 0 Å². The Balaban J connectivity index is 2.88. The van der Waals surface area contributed by atoms with Crippen molar-refractivity contribution in [1.82, 2.24) is 0 Å². The number of carbonyl (C=O) groups is 2. The van der Waals surface area contributed by atoms with Crippen LogP contribution in [0.15, 0.2) is 24.3 Å². The summed E-state index contributed by atoms with van der Waals surface area (Å²) in [5, 5.41) is 11.9. The second-order valence-electron chi connectivity index (χ2n) is 3.97. The second kappa shape index (κ2) is 5.34. The zero-order valence-corrected chi connectivity index (χ0v) is 9.81. The first kappa shape index (κ1) is 13.0. The van der Waals surface area contributed by atoms with E-state index in [1.165, 1.54) is 0 Å². The van der Waals surface area contributed by atoms with Crippen LogP contribution in [-0.2, 0) is 4.79 Å². The van der Waals surface area contributed by atoms with Gasteiger partial charge >= 0.3 is 5.97 Å². The molecule has 0 heterocycles. The van der Waals surface area contributed by atoms with Crippen molar-refractivity contribution in [2.75, 3.05) is 5.32 Å². The highest BCUT2D eigenvalue weighted by Gasteiger charge is 2.20. The number of carboxylic acids is 1. The van der Waals surface area contributed by atoms with Gasteiger partial charge in [-0.3, -0.25) is 9.59 Å². The van der Waals surface area contributed by atoms with Gasteiger partial charge in [0.1, 0.15) is 0 Å². The highest BCUT2D eigenvalue weighted by Crippen LogP contribution is 2.17. The van der Waals surface area contributed by atoms with Gasteiger partial charge < -0.3 is 16.2 Å². The molecule has 0 aliphatic rings. The summed E-state index contributed by atoms with van der Waals surface area (Å²) in [5.74, 6) is -1.99. The predicted molar refractivity (Wildman–Crippen MR) is 64.8 cm³/mol. The van der Waals surface area contributed by atoms with E-state index in [0.717, 1.165) is 0 Å². The standard InChI is InChI=1S/C12H16N2O3/c1-7(12(16)17)8(2)14-10-6-4-3-5-9(10)11(13)15/h3-8,14H,1-2H3,(H2,13,15)(H,16,17). The van der Waals surface area contributed by atoms with Crippen LogP contribution in [0.5, 0.6) is 0 Å². The van der Waals surface area contributed by atoms with Crippen LogP contribution in [0.3, 0.4) is 0 Å². The maximum Gasteiger partial charge on any atom is 0.308 e. The molecule has 0 saturated carbocycles. The molecule has 1 rings (SSSR count). The van der Waals surface area contributed by atoms with Crippen molar-refractivity contribution >= 4 is 17.6 Å². The highest BCUT2D eigenvalue weighted by molar-refractivity contribution is 5.98. The van der Waals surface area contributed by atoms with Crippen LogP contribution in [0, 0.1) is 5.92 Å². The molecule has 0 bridgehead atoms. The van der Waals surface area contributed by atoms with Crippen LogP contribution in [0.1, 0.15) is 24.2 Å². The summed E-state index contributed by atoms with van der Waals surface area (Å²) in [6.07, 6.45) is 0. The van der Waals surface area contributed by atoms with E-state index in [4.69, 9.17) is 10.8 Å². The topological polar surface area (TPSA) is 92.4 Å². The highest BCUT2D eigenvalue weighted by atomic mass is 16.4. The molecule has 0 fully saturated rings. The average Bonchev–Trinajstić information content (AvgIpc) is 2.28. The van der Waals surface area contributed by atoms with E-state index in [1.807, 2.05) is 0 Å². The van der Waals surface area contributed by atoms with Gasteiger partial charge in [0.15, 0.2) is 0 Å². The van der Waals surface area contributed by atoms with E-state index in [2.05, 4.69) is 5.32 Å². The Hall–Kier alpha value is -2.04. The molecule has 5 nitrogen and oxygen atoms in total. The summed E-state index contributed by atoms with van der Waals surface area (Å²) in [6.45, 7) is 3.35. The Morgan fingerprint density at radius 1 is 1.29 bits per heavy atom. The molecule has 1 aromatic rings. The number of carboxylic acid groups (broad SMARTS) is 1. The first-order chi connectivity index (χ1) is 7.93. The third-order valence-corrected chi connectivity index (χ3v) is 2.72. The molecule has 92 valence electrons. The van der Waals surface area contributed by atoms with Gasteiger partial charge in [0.2, 0.25) is 0 Å². The molecule has 0 radical (unpaired) electrons. The molecule has 2 atom stereocenters. The van der Waals surface area contributed by atoms with Gasteiger partial charge in [-0.15, -0.1) is 0 Å². The quantitative estimate of drug-likeness (QED) is 0.718. The van der Waals surface area contributed by atoms with Crippen molar-refractivity contribution in [2.45, 2.75) is 19.9 Å². The molecule has 0 saturated heterocycles. The Bertz CT molecular complexity index is 432. The van der Waals surface area contributed by atoms with E-state index in [0.29, 0.717) is 11.3 Å². The molecule has 0 aliphatic heterocycles. The minimum Gasteiger partial charge on any atom is -0.481 e. The average molecular weight is 236 g/mol. The minimum atomic E-state index is -0.887. The summed E-state index contributed by atoms with van der Waals surface area (Å²) in [7, 11) is 0. The summed E-state index contributed by atoms with van der Waals surface area (Å²) in [4.78, 5) is 22.0. The van der Waals surface area contributed by atoms with Gasteiger partial charge in [-0.05, 0) is 26.0 Å². The smallest absolute Gasteiger partial charge is 0.308 e. The summed E-state index contributed by atoms with van der Waals surface area (Å²) >= 11 is 0. The van der Waals surface area contributed by atoms with Gasteiger partial charge in [-0.25, -0.2) is 0 Å². The lowest BCUT2D eigenvalue weighted by Crippen LogP contribution is -2.30. The summed E-state index contributed by atoms with van der Waals surface area (Å²) in [6, 6.07) is 6.46. The van der Waals surface area contributed by atoms with Crippen LogP contribution in [0.25, 0.3) is 0 Å². The van der Waals surface area contributed by atoms with Crippen LogP contribution in [0.4, 0.5) is 5.69 Å². The van der Waals surface area contributed by atoms with E-state index in [1.54, 1.807) is 38.1 Å². The molecular weight excluding hydrogens is 220 g/mol. The van der Waals surface area contributed by atoms with E-state index < -0.39 is 17.8 Å². The van der Waals surface area contributed by atoms with E-state index in [-0.39, 0.29) is 6.04 Å². The summed E-state index contributed by atoms with van der Waals surface area (Å²) in [5.41, 5.74) is 6.15. The third kappa shape index (κ3) is 3.21. The number of carbonyl (C=O) groups excluding carboxylic acids is 1. The Labute approximate surface area is 99.6 Å². The summed E-state index contributed by atoms with van der Waals surface area (Å²) < 4.78 is 0. The number of hydrogen-bond acceptors (Lipinski definition) is 3. The lowest BCUT2D eigenvalue weighted by Gasteiger charge is -2.20. The molecule has 5 heteroatoms. The molecule has 1 aromatic carbocycles. The van der Waals surface area contributed by atoms with Gasteiger partial charge in [-0.2, -0.15) is 0 Å². The molecule has 4 N–H and O–H groups in total. The molecular formula is C12H16N2O3. The van der Waals surface area contributed by atoms with E-state index in [9.17, 15) is 9.59 Å². The van der Waals surface area contributed by atoms with Crippen molar-refractivity contribution in [1.29, 1.82) is 0 Å². The number of nitrogens with one attached hydrogen (secondary N) is 1. The number of nitrogens with two attached hydrogens (primary N) is 1. The number of benzene rings is 1. The molecule has 0 aromatic heterocycles. The predicted octanol–water partition coefficient (Wildman–Crippen LogP) is 1.31. The zero-order chi connectivity index (χ0) is 13.0. The van der Waals surface area contributed by atoms with Crippen LogP contribution < -0.4 is 11.1 Å². The first-order valence-electron chi connectivity index (χ1n) is 5.31. The normalized spacial score (nSPS) is 13.8. The monoisotopic (exact) mass is 236 g/mol. The second-order valence-corrected chi connectivity index (χ2v) is 3.97. The number of para-hydroxylation sites is 1. The fourth-order valence-electron chi connectivity index (χ4n) is 1.41. The number of primary amides is 1. The number of amides is 1. The van der Waals surface area contributed by atoms with Crippen molar-refractivity contribution in [3.05, 3.63) is 29.8 Å². The molecule has 1 amide bonds. The fourth-order valence-corrected chi connectivity index (χ4v) is 1.41. The minimum absolute atomic E-state index is 0.298. The van der Waals surface area contributed by atoms with Gasteiger partial charge in [-0.1, -0.05) is 12.1 Å². The van der Waals surface area contributed by atoms with Gasteiger partial charge in [0.25, 0.3) is 5.91 Å². The van der Waals surface area contributed by atoms with Crippen molar-refractivity contribution in [3.8, 4) is 0 Å². The Morgan fingerprint density at radius 2 is 1.88 bits per heavy atom. The van der Waals surface area contributed by atoms with Crippen molar-refractivity contribution < 1.29 is 14.7 Å². The Morgan fingerprint density at radius 3 is 2.41 bits per heavy atom. The number of hydrogen-bond donors (Lipinski definition) is 3. The maximum absolute atomic E-state index is 11.2. The SMILES string of the molecule is CC(Nc1ccccc1C(N)=O)C(C)C(=O)O. The molecule has 17 heavy (non-hydrogen) atoms. The van der Waals surface area contributed by atoms with Crippen LogP contribution in [0.2, 0.25) is 0 Å². The zero-order valence-electron chi connectivity index (χ0n) is 9.81. The number of aliphatic carboxylic acids is 1. The number of anilines is 1. The fraction of sp³-hybridized carbons (Fsp3) is 0.333.